The van der Waals surface area contributed by atoms with Crippen molar-refractivity contribution in [2.75, 3.05) is 11.9 Å². The third kappa shape index (κ3) is 4.52. The summed E-state index contributed by atoms with van der Waals surface area (Å²) < 4.78 is 0.799. The van der Waals surface area contributed by atoms with Gasteiger partial charge in [0.1, 0.15) is 0 Å². The van der Waals surface area contributed by atoms with E-state index in [4.69, 9.17) is 5.11 Å². The number of carbonyl (C=O) groups is 2. The molecule has 0 aromatic heterocycles. The zero-order valence-electron chi connectivity index (χ0n) is 11.8. The van der Waals surface area contributed by atoms with Crippen molar-refractivity contribution in [1.82, 2.24) is 4.90 Å². The third-order valence-electron chi connectivity index (χ3n) is 2.97. The molecule has 20 heavy (non-hydrogen) atoms. The monoisotopic (exact) mass is 342 g/mol. The minimum absolute atomic E-state index is 0.0731. The molecule has 0 radical (unpaired) electrons. The second-order valence-corrected chi connectivity index (χ2v) is 5.50. The van der Waals surface area contributed by atoms with Gasteiger partial charge in [0.15, 0.2) is 0 Å². The molecule has 0 aliphatic carbocycles. The maximum absolute atomic E-state index is 12.2. The maximum Gasteiger partial charge on any atom is 0.322 e. The lowest BCUT2D eigenvalue weighted by Gasteiger charge is -2.27. The van der Waals surface area contributed by atoms with Gasteiger partial charge < -0.3 is 15.3 Å². The topological polar surface area (TPSA) is 69.6 Å². The number of hydrogen-bond acceptors (Lipinski definition) is 2. The van der Waals surface area contributed by atoms with E-state index in [9.17, 15) is 9.59 Å². The van der Waals surface area contributed by atoms with Gasteiger partial charge in [0.25, 0.3) is 0 Å². The molecular formula is C14H19BrN2O3. The highest BCUT2D eigenvalue weighted by Gasteiger charge is 2.21. The van der Waals surface area contributed by atoms with E-state index in [1.807, 2.05) is 32.0 Å². The number of carboxylic acid groups (broad SMARTS) is 1. The van der Waals surface area contributed by atoms with E-state index in [1.165, 1.54) is 4.90 Å². The first-order chi connectivity index (χ1) is 9.35. The standard InChI is InChI=1S/C14H19BrN2O3/c1-4-17(10(3)8-13(18)19)14(20)16-12-6-5-9(2)7-11(12)15/h5-7,10H,4,8H2,1-3H3,(H,16,20)(H,18,19). The number of aryl methyl sites for hydroxylation is 1. The zero-order chi connectivity index (χ0) is 15.3. The number of halogens is 1. The second kappa shape index (κ2) is 7.28. The number of nitrogens with zero attached hydrogens (tertiary/aromatic N) is 1. The molecule has 0 saturated carbocycles. The molecule has 1 atom stereocenters. The Morgan fingerprint density at radius 2 is 2.10 bits per heavy atom. The molecule has 1 unspecified atom stereocenters. The maximum atomic E-state index is 12.2. The Bertz CT molecular complexity index is 505. The van der Waals surface area contributed by atoms with Crippen molar-refractivity contribution in [2.45, 2.75) is 33.2 Å². The summed E-state index contributed by atoms with van der Waals surface area (Å²) in [6.07, 6.45) is -0.0731. The Hall–Kier alpha value is -1.56. The molecule has 0 aliphatic rings. The van der Waals surface area contributed by atoms with Crippen molar-refractivity contribution in [2.24, 2.45) is 0 Å². The predicted molar refractivity (Wildman–Crippen MR) is 82.0 cm³/mol. The van der Waals surface area contributed by atoms with Gasteiger partial charge in [-0.25, -0.2) is 4.79 Å². The summed E-state index contributed by atoms with van der Waals surface area (Å²) in [4.78, 5) is 24.4. The Morgan fingerprint density at radius 3 is 2.60 bits per heavy atom. The molecule has 2 amide bonds. The van der Waals surface area contributed by atoms with Gasteiger partial charge >= 0.3 is 12.0 Å². The number of hydrogen-bond donors (Lipinski definition) is 2. The van der Waals surface area contributed by atoms with Crippen molar-refractivity contribution in [3.8, 4) is 0 Å². The summed E-state index contributed by atoms with van der Waals surface area (Å²) in [5.41, 5.74) is 1.75. The summed E-state index contributed by atoms with van der Waals surface area (Å²) in [5, 5.41) is 11.6. The van der Waals surface area contributed by atoms with Crippen LogP contribution in [0.3, 0.4) is 0 Å². The molecule has 1 aromatic rings. The van der Waals surface area contributed by atoms with Crippen LogP contribution in [0.25, 0.3) is 0 Å². The first-order valence-corrected chi connectivity index (χ1v) is 7.20. The summed E-state index contributed by atoms with van der Waals surface area (Å²) >= 11 is 3.40. The van der Waals surface area contributed by atoms with E-state index in [0.29, 0.717) is 12.2 Å². The molecule has 0 heterocycles. The number of nitrogens with one attached hydrogen (secondary N) is 1. The van der Waals surface area contributed by atoms with Crippen molar-refractivity contribution >= 4 is 33.6 Å². The van der Waals surface area contributed by atoms with Gasteiger partial charge in [-0.1, -0.05) is 6.07 Å². The van der Waals surface area contributed by atoms with Crippen LogP contribution in [0.15, 0.2) is 22.7 Å². The number of amides is 2. The fraction of sp³-hybridized carbons (Fsp3) is 0.429. The fourth-order valence-corrected chi connectivity index (χ4v) is 2.52. The average molecular weight is 343 g/mol. The fourth-order valence-electron chi connectivity index (χ4n) is 1.93. The quantitative estimate of drug-likeness (QED) is 0.860. The van der Waals surface area contributed by atoms with Crippen LogP contribution in [-0.4, -0.2) is 34.6 Å². The Labute approximate surface area is 127 Å². The molecule has 2 N–H and O–H groups in total. The summed E-state index contributed by atoms with van der Waals surface area (Å²) in [6.45, 7) is 5.96. The van der Waals surface area contributed by atoms with Crippen molar-refractivity contribution in [1.29, 1.82) is 0 Å². The first kappa shape index (κ1) is 16.5. The molecule has 110 valence electrons. The lowest BCUT2D eigenvalue weighted by molar-refractivity contribution is -0.137. The van der Waals surface area contributed by atoms with Gasteiger partial charge in [-0.15, -0.1) is 0 Å². The number of carbonyl (C=O) groups excluding carboxylic acids is 1. The Morgan fingerprint density at radius 1 is 1.45 bits per heavy atom. The van der Waals surface area contributed by atoms with E-state index in [-0.39, 0.29) is 18.5 Å². The highest BCUT2D eigenvalue weighted by Crippen LogP contribution is 2.24. The zero-order valence-corrected chi connectivity index (χ0v) is 13.4. The number of aliphatic carboxylic acids is 1. The molecule has 5 nitrogen and oxygen atoms in total. The van der Waals surface area contributed by atoms with E-state index < -0.39 is 5.97 Å². The second-order valence-electron chi connectivity index (χ2n) is 4.65. The Kier molecular flexibility index (Phi) is 6.01. The summed E-state index contributed by atoms with van der Waals surface area (Å²) in [7, 11) is 0. The van der Waals surface area contributed by atoms with Crippen LogP contribution in [0.2, 0.25) is 0 Å². The van der Waals surface area contributed by atoms with Crippen LogP contribution in [0.1, 0.15) is 25.8 Å². The smallest absolute Gasteiger partial charge is 0.322 e. The predicted octanol–water partition coefficient (Wildman–Crippen LogP) is 3.47. The molecule has 0 spiro atoms. The van der Waals surface area contributed by atoms with E-state index in [2.05, 4.69) is 21.2 Å². The molecule has 1 rings (SSSR count). The first-order valence-electron chi connectivity index (χ1n) is 6.40. The highest BCUT2D eigenvalue weighted by molar-refractivity contribution is 9.10. The summed E-state index contributed by atoms with van der Waals surface area (Å²) in [5.74, 6) is -0.916. The van der Waals surface area contributed by atoms with Gasteiger partial charge in [-0.2, -0.15) is 0 Å². The average Bonchev–Trinajstić information content (AvgIpc) is 2.32. The molecule has 6 heteroatoms. The van der Waals surface area contributed by atoms with Gasteiger partial charge in [-0.05, 0) is 54.4 Å². The number of anilines is 1. The molecule has 0 aliphatic heterocycles. The SMILES string of the molecule is CCN(C(=O)Nc1ccc(C)cc1Br)C(C)CC(=O)O. The molecular weight excluding hydrogens is 324 g/mol. The van der Waals surface area contributed by atoms with Crippen LogP contribution in [0.5, 0.6) is 0 Å². The molecule has 1 aromatic carbocycles. The number of urea groups is 1. The molecule has 0 fully saturated rings. The highest BCUT2D eigenvalue weighted by atomic mass is 79.9. The number of carboxylic acids is 1. The number of rotatable bonds is 5. The largest absolute Gasteiger partial charge is 0.481 e. The molecule has 0 bridgehead atoms. The van der Waals surface area contributed by atoms with Gasteiger partial charge in [-0.3, -0.25) is 4.79 Å². The lowest BCUT2D eigenvalue weighted by Crippen LogP contribution is -2.42. The van der Waals surface area contributed by atoms with Crippen molar-refractivity contribution in [3.63, 3.8) is 0 Å². The van der Waals surface area contributed by atoms with E-state index >= 15 is 0 Å². The third-order valence-corrected chi connectivity index (χ3v) is 3.63. The minimum Gasteiger partial charge on any atom is -0.481 e. The van der Waals surface area contributed by atoms with E-state index in [0.717, 1.165) is 10.0 Å². The van der Waals surface area contributed by atoms with Crippen molar-refractivity contribution < 1.29 is 14.7 Å². The van der Waals surface area contributed by atoms with Crippen LogP contribution in [0, 0.1) is 6.92 Å². The Balaban J connectivity index is 2.79. The van der Waals surface area contributed by atoms with Crippen LogP contribution < -0.4 is 5.32 Å². The van der Waals surface area contributed by atoms with Gasteiger partial charge in [0.2, 0.25) is 0 Å². The van der Waals surface area contributed by atoms with Crippen LogP contribution >= 0.6 is 15.9 Å². The normalized spacial score (nSPS) is 11.8. The van der Waals surface area contributed by atoms with Gasteiger partial charge in [0.05, 0.1) is 12.1 Å². The van der Waals surface area contributed by atoms with Gasteiger partial charge in [0, 0.05) is 17.1 Å². The molecule has 0 saturated heterocycles. The lowest BCUT2D eigenvalue weighted by atomic mass is 10.2. The van der Waals surface area contributed by atoms with Crippen LogP contribution in [0.4, 0.5) is 10.5 Å². The van der Waals surface area contributed by atoms with Crippen LogP contribution in [-0.2, 0) is 4.79 Å². The van der Waals surface area contributed by atoms with Crippen molar-refractivity contribution in [3.05, 3.63) is 28.2 Å². The minimum atomic E-state index is -0.916. The summed E-state index contributed by atoms with van der Waals surface area (Å²) in [6, 6.07) is 4.96. The number of benzene rings is 1. The van der Waals surface area contributed by atoms with E-state index in [1.54, 1.807) is 6.92 Å².